The molecule has 0 aliphatic heterocycles. The van der Waals surface area contributed by atoms with E-state index in [9.17, 15) is 29.1 Å². The Hall–Kier alpha value is -3.39. The first kappa shape index (κ1) is 39.6. The predicted molar refractivity (Wildman–Crippen MR) is 155 cm³/mol. The van der Waals surface area contributed by atoms with Gasteiger partial charge in [-0.3, -0.25) is 14.4 Å². The Morgan fingerprint density at radius 2 is 1.11 bits per heavy atom. The second kappa shape index (κ2) is 19.2. The van der Waals surface area contributed by atoms with E-state index in [1.165, 1.54) is 53.0 Å². The van der Waals surface area contributed by atoms with Crippen LogP contribution in [0.4, 0.5) is 0 Å². The fraction of sp³-hybridized carbons (Fsp3) is 0.296. The number of aromatic carboxylic acids is 1. The molecular formula is C27H27KN2O13S2. The molecule has 0 aliphatic carbocycles. The van der Waals surface area contributed by atoms with Crippen molar-refractivity contribution >= 4 is 72.8 Å². The molecule has 236 valence electrons. The average molecular weight is 691 g/mol. The summed E-state index contributed by atoms with van der Waals surface area (Å²) < 4.78 is 30.4. The van der Waals surface area contributed by atoms with Gasteiger partial charge in [0.15, 0.2) is 17.3 Å². The van der Waals surface area contributed by atoms with E-state index < -0.39 is 30.3 Å². The molecule has 4 rings (SSSR count). The van der Waals surface area contributed by atoms with Crippen molar-refractivity contribution in [3.05, 3.63) is 34.0 Å². The van der Waals surface area contributed by atoms with Gasteiger partial charge in [0.05, 0.1) is 80.4 Å². The SMILES string of the molecule is COC(=O)CC(=O)[O-].COC(=O)CC(=O)c1cc2nc(OC)c(OC)cc2s1.COc1cc2sc(C(=O)O)cc2nc1OC.[K+]. The number of rotatable bonds is 10. The van der Waals surface area contributed by atoms with Gasteiger partial charge in [-0.2, -0.15) is 0 Å². The first-order chi connectivity index (χ1) is 20.9. The first-order valence-corrected chi connectivity index (χ1v) is 13.7. The second-order valence-electron chi connectivity index (χ2n) is 7.99. The number of pyridine rings is 2. The zero-order chi connectivity index (χ0) is 33.0. The topological polar surface area (TPSA) is 210 Å². The van der Waals surface area contributed by atoms with Crippen LogP contribution >= 0.6 is 22.7 Å². The molecule has 0 amide bonds. The molecule has 0 aliphatic rings. The Labute approximate surface area is 306 Å². The number of hydrogen-bond acceptors (Lipinski definition) is 16. The van der Waals surface area contributed by atoms with E-state index in [2.05, 4.69) is 19.4 Å². The molecular weight excluding hydrogens is 664 g/mol. The fourth-order valence-electron chi connectivity index (χ4n) is 3.17. The molecule has 0 unspecified atom stereocenters. The van der Waals surface area contributed by atoms with Gasteiger partial charge >= 0.3 is 69.3 Å². The van der Waals surface area contributed by atoms with Crippen molar-refractivity contribution in [3.63, 3.8) is 0 Å². The number of ether oxygens (including phenoxy) is 6. The van der Waals surface area contributed by atoms with Crippen LogP contribution in [0.25, 0.3) is 20.4 Å². The van der Waals surface area contributed by atoms with E-state index >= 15 is 0 Å². The maximum Gasteiger partial charge on any atom is 1.00 e. The number of fused-ring (bicyclic) bond motifs is 2. The third-order valence-electron chi connectivity index (χ3n) is 5.23. The number of aromatic nitrogens is 2. The number of esters is 2. The Kier molecular flexibility index (Phi) is 16.9. The summed E-state index contributed by atoms with van der Waals surface area (Å²) in [6, 6.07) is 6.62. The molecule has 45 heavy (non-hydrogen) atoms. The molecule has 0 bridgehead atoms. The van der Waals surface area contributed by atoms with Crippen LogP contribution in [0.1, 0.15) is 32.2 Å². The standard InChI is InChI=1S/C13H13NO5S.C10H9NO4S.C4H6O4.K/c1-17-9-6-10-7(14-13(9)19-3)4-11(20-10)8(15)5-12(16)18-2;1-14-6-4-7-5(11-9(6)15-2)3-8(16-7)10(12)13;1-8-4(7)2-3(5)6;/h4,6H,5H2,1-3H3;3-4H,1-2H3,(H,12,13);2H2,1H3,(H,5,6);/q;;;+1/p-1. The molecule has 4 aromatic rings. The Morgan fingerprint density at radius 1 is 0.689 bits per heavy atom. The van der Waals surface area contributed by atoms with Gasteiger partial charge in [0.25, 0.3) is 11.8 Å². The number of methoxy groups -OCH3 is 6. The zero-order valence-corrected chi connectivity index (χ0v) is 30.0. The minimum absolute atomic E-state index is 0. The van der Waals surface area contributed by atoms with E-state index in [1.54, 1.807) is 18.2 Å². The maximum absolute atomic E-state index is 11.9. The first-order valence-electron chi connectivity index (χ1n) is 12.1. The number of nitrogens with zero attached hydrogens (tertiary/aromatic N) is 2. The van der Waals surface area contributed by atoms with Gasteiger partial charge in [0.2, 0.25) is 0 Å². The van der Waals surface area contributed by atoms with E-state index in [1.807, 2.05) is 0 Å². The molecule has 0 spiro atoms. The number of Topliss-reactive ketones (excluding diaryl/α,β-unsaturated/α-hetero) is 1. The van der Waals surface area contributed by atoms with Crippen LogP contribution in [0.5, 0.6) is 23.3 Å². The van der Waals surface area contributed by atoms with Gasteiger partial charge in [0.1, 0.15) is 11.3 Å². The molecule has 0 aromatic carbocycles. The third kappa shape index (κ3) is 11.5. The van der Waals surface area contributed by atoms with Gasteiger partial charge in [0, 0.05) is 12.1 Å². The van der Waals surface area contributed by atoms with Crippen LogP contribution in [0.3, 0.4) is 0 Å². The molecule has 0 fully saturated rings. The molecule has 0 atom stereocenters. The normalized spacial score (nSPS) is 9.73. The van der Waals surface area contributed by atoms with Crippen molar-refractivity contribution in [2.45, 2.75) is 12.8 Å². The number of carbonyl (C=O) groups excluding carboxylic acids is 4. The number of thiophene rings is 2. The van der Waals surface area contributed by atoms with Crippen LogP contribution in [0.15, 0.2) is 24.3 Å². The van der Waals surface area contributed by atoms with Crippen LogP contribution in [-0.4, -0.2) is 87.4 Å². The number of aliphatic carboxylic acids is 1. The van der Waals surface area contributed by atoms with E-state index in [0.29, 0.717) is 39.2 Å². The molecule has 0 saturated heterocycles. The summed E-state index contributed by atoms with van der Waals surface area (Å²) in [5.74, 6) is -2.33. The Balaban J connectivity index is 0.000000363. The quantitative estimate of drug-likeness (QED) is 0.0951. The van der Waals surface area contributed by atoms with E-state index in [-0.39, 0.29) is 68.5 Å². The molecule has 0 radical (unpaired) electrons. The van der Waals surface area contributed by atoms with Crippen LogP contribution in [-0.2, 0) is 23.9 Å². The fourth-order valence-corrected chi connectivity index (χ4v) is 5.01. The number of hydrogen-bond donors (Lipinski definition) is 1. The average Bonchev–Trinajstić information content (AvgIpc) is 3.63. The van der Waals surface area contributed by atoms with Crippen LogP contribution in [0.2, 0.25) is 0 Å². The van der Waals surface area contributed by atoms with Gasteiger partial charge in [-0.1, -0.05) is 0 Å². The summed E-state index contributed by atoms with van der Waals surface area (Å²) in [4.78, 5) is 62.5. The summed E-state index contributed by atoms with van der Waals surface area (Å²) in [6.45, 7) is 0. The summed E-state index contributed by atoms with van der Waals surface area (Å²) in [7, 11) is 8.37. The summed E-state index contributed by atoms with van der Waals surface area (Å²) in [5.41, 5.74) is 1.22. The molecule has 4 heterocycles. The van der Waals surface area contributed by atoms with E-state index in [4.69, 9.17) is 24.1 Å². The molecule has 18 heteroatoms. The van der Waals surface area contributed by atoms with E-state index in [0.717, 1.165) is 27.8 Å². The number of carboxylic acids is 2. The van der Waals surface area contributed by atoms with Gasteiger partial charge in [-0.25, -0.2) is 14.8 Å². The summed E-state index contributed by atoms with van der Waals surface area (Å²) >= 11 is 2.41. The van der Waals surface area contributed by atoms with Crippen molar-refractivity contribution in [1.82, 2.24) is 9.97 Å². The van der Waals surface area contributed by atoms with Crippen molar-refractivity contribution < 1.29 is 114 Å². The summed E-state index contributed by atoms with van der Waals surface area (Å²) in [6.07, 6.45) is -0.950. The molecule has 15 nitrogen and oxygen atoms in total. The smallest absolute Gasteiger partial charge is 0.550 e. The van der Waals surface area contributed by atoms with Gasteiger partial charge < -0.3 is 43.4 Å². The second-order valence-corrected chi connectivity index (χ2v) is 10.2. The van der Waals surface area contributed by atoms with Crippen molar-refractivity contribution in [2.75, 3.05) is 42.7 Å². The molecule has 4 aromatic heterocycles. The third-order valence-corrected chi connectivity index (χ3v) is 7.40. The monoisotopic (exact) mass is 690 g/mol. The maximum atomic E-state index is 11.9. The minimum atomic E-state index is -1.42. The molecule has 0 saturated carbocycles. The summed E-state index contributed by atoms with van der Waals surface area (Å²) in [5, 5.41) is 18.4. The number of ketones is 1. The van der Waals surface area contributed by atoms with Gasteiger partial charge in [-0.15, -0.1) is 22.7 Å². The van der Waals surface area contributed by atoms with Gasteiger partial charge in [-0.05, 0) is 12.1 Å². The Morgan fingerprint density at radius 3 is 1.47 bits per heavy atom. The largest absolute Gasteiger partial charge is 1.00 e. The van der Waals surface area contributed by atoms with Crippen molar-refractivity contribution in [2.24, 2.45) is 0 Å². The zero-order valence-electron chi connectivity index (χ0n) is 25.3. The predicted octanol–water partition coefficient (Wildman–Crippen LogP) is -0.626. The number of carbonyl (C=O) groups is 5. The molecule has 1 N–H and O–H groups in total. The van der Waals surface area contributed by atoms with Crippen molar-refractivity contribution in [1.29, 1.82) is 0 Å². The minimum Gasteiger partial charge on any atom is -0.550 e. The Bertz CT molecular complexity index is 1590. The van der Waals surface area contributed by atoms with Crippen molar-refractivity contribution in [3.8, 4) is 23.3 Å². The van der Waals surface area contributed by atoms with Crippen LogP contribution in [0, 0.1) is 0 Å². The van der Waals surface area contributed by atoms with Crippen LogP contribution < -0.4 is 75.4 Å². The number of carboxylic acid groups (broad SMARTS) is 2.